The molecule has 6 aromatic rings. The molecule has 0 atom stereocenters. The second-order valence-electron chi connectivity index (χ2n) is 9.22. The molecule has 174 valence electrons. The molecular weight excluding hydrogens is 571 g/mol. The van der Waals surface area contributed by atoms with Gasteiger partial charge < -0.3 is 0 Å². The molecule has 0 nitrogen and oxygen atoms in total. The maximum Gasteiger partial charge on any atom is 0.0566 e. The lowest BCUT2D eigenvalue weighted by molar-refractivity contribution is 1.18. The number of hydrogen-bond acceptors (Lipinski definition) is 0. The molecule has 0 unspecified atom stereocenters. The molecule has 6 rings (SSSR count). The normalized spacial score (nSPS) is 11.3. The summed E-state index contributed by atoms with van der Waals surface area (Å²) in [5, 5.41) is 5.59. The lowest BCUT2D eigenvalue weighted by atomic mass is 9.87. The van der Waals surface area contributed by atoms with E-state index in [0.717, 1.165) is 28.8 Å². The van der Waals surface area contributed by atoms with Crippen LogP contribution in [0.15, 0.2) is 121 Å². The van der Waals surface area contributed by atoms with Crippen molar-refractivity contribution < 1.29 is 0 Å². The van der Waals surface area contributed by atoms with Crippen LogP contribution in [0.5, 0.6) is 0 Å². The third kappa shape index (κ3) is 4.42. The van der Waals surface area contributed by atoms with Crippen LogP contribution >= 0.6 is 34.2 Å². The minimum absolute atomic E-state index is 0.827. The minimum Gasteiger partial charge on any atom is -0.0830 e. The summed E-state index contributed by atoms with van der Waals surface area (Å²) in [4.78, 5) is 0. The Hall–Kier alpha value is -3.14. The van der Waals surface area contributed by atoms with Crippen LogP contribution in [0.1, 0.15) is 22.3 Å². The zero-order valence-electron chi connectivity index (χ0n) is 19.7. The average Bonchev–Trinajstić information content (AvgIpc) is 2.91. The standard InChI is InChI=1S/C34H24ClI/c35-33-30-18-10-8-16-26(30)21-27(19-23-11-3-1-4-12-23)31(33)32-29-17-9-7-15-25(29)22-28(34(32)36)20-24-13-5-2-6-14-24/h1-18,21-22H,19-20H2. The molecule has 0 aliphatic carbocycles. The molecule has 0 bridgehead atoms. The highest BCUT2D eigenvalue weighted by Gasteiger charge is 2.21. The van der Waals surface area contributed by atoms with Crippen LogP contribution < -0.4 is 0 Å². The largest absolute Gasteiger partial charge is 0.0830 e. The van der Waals surface area contributed by atoms with Crippen LogP contribution in [-0.2, 0) is 12.8 Å². The van der Waals surface area contributed by atoms with E-state index in [0.29, 0.717) is 0 Å². The van der Waals surface area contributed by atoms with Crippen LogP contribution in [0.3, 0.4) is 0 Å². The fourth-order valence-electron chi connectivity index (χ4n) is 5.15. The average molecular weight is 595 g/mol. The molecule has 36 heavy (non-hydrogen) atoms. The first-order valence-corrected chi connectivity index (χ1v) is 13.6. The third-order valence-corrected chi connectivity index (χ3v) is 8.48. The van der Waals surface area contributed by atoms with Gasteiger partial charge in [-0.2, -0.15) is 0 Å². The van der Waals surface area contributed by atoms with E-state index in [1.807, 2.05) is 0 Å². The minimum atomic E-state index is 0.827. The molecule has 2 heteroatoms. The van der Waals surface area contributed by atoms with Crippen molar-refractivity contribution in [3.63, 3.8) is 0 Å². The Morgan fingerprint density at radius 3 is 1.61 bits per heavy atom. The molecule has 0 N–H and O–H groups in total. The van der Waals surface area contributed by atoms with E-state index in [1.54, 1.807) is 0 Å². The second kappa shape index (κ2) is 10.1. The van der Waals surface area contributed by atoms with Crippen LogP contribution in [-0.4, -0.2) is 0 Å². The van der Waals surface area contributed by atoms with Gasteiger partial charge in [0.1, 0.15) is 0 Å². The first-order chi connectivity index (χ1) is 17.7. The van der Waals surface area contributed by atoms with Crippen molar-refractivity contribution in [3.05, 3.63) is 152 Å². The van der Waals surface area contributed by atoms with Gasteiger partial charge in [0.05, 0.1) is 5.02 Å². The summed E-state index contributed by atoms with van der Waals surface area (Å²) in [5.74, 6) is 0. The Bertz CT molecular complexity index is 1690. The molecule has 0 spiro atoms. The van der Waals surface area contributed by atoms with Gasteiger partial charge >= 0.3 is 0 Å². The van der Waals surface area contributed by atoms with E-state index in [4.69, 9.17) is 11.6 Å². The first kappa shape index (κ1) is 23.3. The predicted molar refractivity (Wildman–Crippen MR) is 163 cm³/mol. The Morgan fingerprint density at radius 2 is 0.972 bits per heavy atom. The van der Waals surface area contributed by atoms with Crippen molar-refractivity contribution in [1.82, 2.24) is 0 Å². The second-order valence-corrected chi connectivity index (χ2v) is 10.7. The zero-order valence-corrected chi connectivity index (χ0v) is 22.6. The van der Waals surface area contributed by atoms with Gasteiger partial charge in [0.15, 0.2) is 0 Å². The van der Waals surface area contributed by atoms with E-state index >= 15 is 0 Å². The monoisotopic (exact) mass is 594 g/mol. The zero-order chi connectivity index (χ0) is 24.5. The number of hydrogen-bond donors (Lipinski definition) is 0. The van der Waals surface area contributed by atoms with Gasteiger partial charge in [-0.3, -0.25) is 0 Å². The summed E-state index contributed by atoms with van der Waals surface area (Å²) in [5.41, 5.74) is 7.56. The topological polar surface area (TPSA) is 0 Å². The lowest BCUT2D eigenvalue weighted by Crippen LogP contribution is -2.00. The molecule has 0 fully saturated rings. The molecule has 0 amide bonds. The third-order valence-electron chi connectivity index (χ3n) is 6.85. The molecule has 0 saturated carbocycles. The summed E-state index contributed by atoms with van der Waals surface area (Å²) < 4.78 is 1.27. The van der Waals surface area contributed by atoms with E-state index in [1.165, 1.54) is 47.5 Å². The Morgan fingerprint density at radius 1 is 0.500 bits per heavy atom. The van der Waals surface area contributed by atoms with E-state index in [-0.39, 0.29) is 0 Å². The van der Waals surface area contributed by atoms with Gasteiger partial charge in [-0.05, 0) is 79.9 Å². The van der Waals surface area contributed by atoms with Gasteiger partial charge in [-0.25, -0.2) is 0 Å². The fraction of sp³-hybridized carbons (Fsp3) is 0.0588. The number of fused-ring (bicyclic) bond motifs is 2. The molecule has 0 aromatic heterocycles. The van der Waals surface area contributed by atoms with Crippen molar-refractivity contribution >= 4 is 55.7 Å². The molecule has 0 heterocycles. The molecule has 6 aromatic carbocycles. The fourth-order valence-corrected chi connectivity index (χ4v) is 6.45. The first-order valence-electron chi connectivity index (χ1n) is 12.2. The predicted octanol–water partition coefficient (Wildman–Crippen LogP) is 10.1. The van der Waals surface area contributed by atoms with E-state index in [2.05, 4.69) is 144 Å². The molecule has 0 aliphatic rings. The lowest BCUT2D eigenvalue weighted by Gasteiger charge is -2.20. The summed E-state index contributed by atoms with van der Waals surface area (Å²) in [6.45, 7) is 0. The summed E-state index contributed by atoms with van der Waals surface area (Å²) >= 11 is 9.88. The van der Waals surface area contributed by atoms with Crippen LogP contribution in [0.2, 0.25) is 5.02 Å². The van der Waals surface area contributed by atoms with Crippen molar-refractivity contribution in [2.45, 2.75) is 12.8 Å². The van der Waals surface area contributed by atoms with Crippen LogP contribution in [0.4, 0.5) is 0 Å². The quantitative estimate of drug-likeness (QED) is 0.174. The molecule has 0 radical (unpaired) electrons. The molecular formula is C34H24ClI. The highest BCUT2D eigenvalue weighted by atomic mass is 127. The summed E-state index contributed by atoms with van der Waals surface area (Å²) in [6.07, 6.45) is 1.71. The van der Waals surface area contributed by atoms with E-state index < -0.39 is 0 Å². The van der Waals surface area contributed by atoms with Crippen LogP contribution in [0, 0.1) is 3.57 Å². The van der Waals surface area contributed by atoms with Crippen molar-refractivity contribution in [2.24, 2.45) is 0 Å². The SMILES string of the molecule is Clc1c(-c2c(I)c(Cc3ccccc3)cc3ccccc23)c(Cc2ccccc2)cc2ccccc12. The van der Waals surface area contributed by atoms with Crippen molar-refractivity contribution in [1.29, 1.82) is 0 Å². The number of rotatable bonds is 5. The summed E-state index contributed by atoms with van der Waals surface area (Å²) in [6, 6.07) is 43.2. The molecule has 0 saturated heterocycles. The number of halogens is 2. The Labute approximate surface area is 230 Å². The Kier molecular flexibility index (Phi) is 6.52. The van der Waals surface area contributed by atoms with Crippen LogP contribution in [0.25, 0.3) is 32.7 Å². The Balaban J connectivity index is 1.66. The van der Waals surface area contributed by atoms with Gasteiger partial charge in [0, 0.05) is 20.1 Å². The number of benzene rings is 6. The molecule has 0 aliphatic heterocycles. The highest BCUT2D eigenvalue weighted by Crippen LogP contribution is 2.44. The highest BCUT2D eigenvalue weighted by molar-refractivity contribution is 14.1. The maximum atomic E-state index is 7.33. The van der Waals surface area contributed by atoms with Crippen molar-refractivity contribution in [3.8, 4) is 11.1 Å². The van der Waals surface area contributed by atoms with Gasteiger partial charge in [-0.1, -0.05) is 127 Å². The van der Waals surface area contributed by atoms with Gasteiger partial charge in [-0.15, -0.1) is 0 Å². The smallest absolute Gasteiger partial charge is 0.0566 e. The summed E-state index contributed by atoms with van der Waals surface area (Å²) in [7, 11) is 0. The van der Waals surface area contributed by atoms with Gasteiger partial charge in [0.25, 0.3) is 0 Å². The van der Waals surface area contributed by atoms with E-state index in [9.17, 15) is 0 Å². The van der Waals surface area contributed by atoms with Gasteiger partial charge in [0.2, 0.25) is 0 Å². The maximum absolute atomic E-state index is 7.33. The van der Waals surface area contributed by atoms with Crippen molar-refractivity contribution in [2.75, 3.05) is 0 Å².